The Morgan fingerprint density at radius 3 is 2.35 bits per heavy atom. The van der Waals surface area contributed by atoms with Crippen molar-refractivity contribution in [1.29, 1.82) is 0 Å². The van der Waals surface area contributed by atoms with Crippen molar-refractivity contribution < 1.29 is 27.1 Å². The minimum absolute atomic E-state index is 0.106. The van der Waals surface area contributed by atoms with Gasteiger partial charge < -0.3 is 15.3 Å². The van der Waals surface area contributed by atoms with Gasteiger partial charge >= 0.3 is 11.9 Å². The van der Waals surface area contributed by atoms with Gasteiger partial charge in [-0.15, -0.1) is 0 Å². The molecule has 9 heteroatoms. The molecule has 0 bridgehead atoms. The standard InChI is InChI=1S/C42H64F2N2O4S/c1-27(2)30-12-17-41(45-20-21-46-22-24-51(49,50)25-23-46)19-18-39(6)32(35(30)41)10-11-34-38(5)15-13-31(37(3,4)33(38)14-16-40(34,39)7)28-8-9-29(26-28)42(43,44)36(47)48/h8,13,29-30,32-35,45H,1,9-12,14-26H2,2-7H3,(H,47,48)/t29?,30-,32+,33-,34+,35+,38-,39+,40+,41?/m0/s1. The van der Waals surface area contributed by atoms with E-state index in [1.807, 2.05) is 6.08 Å². The van der Waals surface area contributed by atoms with Crippen molar-refractivity contribution in [2.75, 3.05) is 37.7 Å². The quantitative estimate of drug-likeness (QED) is 0.245. The van der Waals surface area contributed by atoms with Gasteiger partial charge in [0.15, 0.2) is 9.84 Å². The van der Waals surface area contributed by atoms with Gasteiger partial charge in [0.1, 0.15) is 0 Å². The Bertz CT molecular complexity index is 1610. The maximum absolute atomic E-state index is 14.6. The van der Waals surface area contributed by atoms with E-state index < -0.39 is 27.6 Å². The number of allylic oxidation sites excluding steroid dienone is 5. The van der Waals surface area contributed by atoms with Gasteiger partial charge in [0.2, 0.25) is 0 Å². The molecule has 4 saturated carbocycles. The van der Waals surface area contributed by atoms with Gasteiger partial charge in [0, 0.05) is 37.6 Å². The predicted octanol–water partition coefficient (Wildman–Crippen LogP) is 8.31. The maximum atomic E-state index is 14.6. The fraction of sp³-hybridized carbons (Fsp3) is 0.833. The van der Waals surface area contributed by atoms with Gasteiger partial charge in [-0.1, -0.05) is 58.9 Å². The number of hydrogen-bond acceptors (Lipinski definition) is 5. The molecule has 0 aromatic rings. The molecule has 10 atom stereocenters. The highest BCUT2D eigenvalue weighted by molar-refractivity contribution is 7.91. The Balaban J connectivity index is 1.12. The van der Waals surface area contributed by atoms with Crippen LogP contribution in [-0.2, 0) is 14.6 Å². The highest BCUT2D eigenvalue weighted by Gasteiger charge is 2.70. The van der Waals surface area contributed by atoms with Crippen LogP contribution in [-0.4, -0.2) is 73.5 Å². The Labute approximate surface area is 306 Å². The fourth-order valence-corrected chi connectivity index (χ4v) is 15.7. The zero-order valence-corrected chi connectivity index (χ0v) is 32.9. The lowest BCUT2D eigenvalue weighted by Crippen LogP contribution is -2.68. The lowest BCUT2D eigenvalue weighted by molar-refractivity contribution is -0.221. The molecule has 286 valence electrons. The molecule has 0 spiro atoms. The van der Waals surface area contributed by atoms with Crippen LogP contribution in [0.4, 0.5) is 8.78 Å². The van der Waals surface area contributed by atoms with Crippen LogP contribution in [0.15, 0.2) is 35.5 Å². The van der Waals surface area contributed by atoms with Gasteiger partial charge in [0.05, 0.1) is 11.5 Å². The van der Waals surface area contributed by atoms with Gasteiger partial charge in [-0.2, -0.15) is 8.78 Å². The number of nitrogens with zero attached hydrogens (tertiary/aromatic N) is 1. The molecule has 51 heavy (non-hydrogen) atoms. The van der Waals surface area contributed by atoms with Gasteiger partial charge in [-0.05, 0) is 140 Å². The average Bonchev–Trinajstić information content (AvgIpc) is 3.68. The Morgan fingerprint density at radius 1 is 0.980 bits per heavy atom. The molecule has 0 amide bonds. The van der Waals surface area contributed by atoms with Crippen molar-refractivity contribution in [3.63, 3.8) is 0 Å². The summed E-state index contributed by atoms with van der Waals surface area (Å²) >= 11 is 0. The summed E-state index contributed by atoms with van der Waals surface area (Å²) < 4.78 is 53.2. The van der Waals surface area contributed by atoms with Crippen LogP contribution in [0.25, 0.3) is 0 Å². The van der Waals surface area contributed by atoms with Gasteiger partial charge in [-0.25, -0.2) is 13.2 Å². The third-order valence-electron chi connectivity index (χ3n) is 17.2. The third kappa shape index (κ3) is 5.69. The molecule has 7 aliphatic rings. The minimum Gasteiger partial charge on any atom is -0.477 e. The van der Waals surface area contributed by atoms with Gasteiger partial charge in [-0.3, -0.25) is 0 Å². The summed E-state index contributed by atoms with van der Waals surface area (Å²) in [5, 5.41) is 13.4. The SMILES string of the molecule is C=C(C)[C@@H]1CCC2(NCCN3CCS(=O)(=O)CC3)CC[C@]3(C)[C@H](CC[C@@H]4[C@@]5(C)CC=C(C6=CCC(C(F)(F)C(=O)O)C6)C(C)(C)[C@@H]5CC[C@]43C)[C@@H]12. The predicted molar refractivity (Wildman–Crippen MR) is 199 cm³/mol. The number of fused-ring (bicyclic) bond motifs is 7. The molecule has 1 heterocycles. The largest absolute Gasteiger partial charge is 0.477 e. The smallest absolute Gasteiger partial charge is 0.374 e. The number of carbonyl (C=O) groups is 1. The maximum Gasteiger partial charge on any atom is 0.374 e. The first-order chi connectivity index (χ1) is 23.7. The van der Waals surface area contributed by atoms with Crippen molar-refractivity contribution in [3.8, 4) is 0 Å². The molecule has 6 nitrogen and oxygen atoms in total. The molecule has 0 aromatic carbocycles. The van der Waals surface area contributed by atoms with E-state index in [2.05, 4.69) is 64.4 Å². The highest BCUT2D eigenvalue weighted by atomic mass is 32.2. The van der Waals surface area contributed by atoms with Crippen molar-refractivity contribution in [2.24, 2.45) is 57.2 Å². The Morgan fingerprint density at radius 2 is 1.69 bits per heavy atom. The molecule has 7 rings (SSSR count). The average molecular weight is 731 g/mol. The normalized spacial score (nSPS) is 44.7. The van der Waals surface area contributed by atoms with Crippen LogP contribution in [0, 0.1) is 57.2 Å². The molecule has 0 radical (unpaired) electrons. The zero-order chi connectivity index (χ0) is 37.0. The third-order valence-corrected chi connectivity index (χ3v) is 18.9. The first-order valence-electron chi connectivity index (χ1n) is 20.1. The van der Waals surface area contributed by atoms with E-state index in [-0.39, 0.29) is 51.5 Å². The summed E-state index contributed by atoms with van der Waals surface area (Å²) in [6, 6.07) is 0. The van der Waals surface area contributed by atoms with E-state index in [1.165, 1.54) is 56.1 Å². The number of aliphatic carboxylic acids is 1. The molecule has 6 aliphatic carbocycles. The van der Waals surface area contributed by atoms with Crippen LogP contribution in [0.2, 0.25) is 0 Å². The topological polar surface area (TPSA) is 86.7 Å². The van der Waals surface area contributed by atoms with Gasteiger partial charge in [0.25, 0.3) is 0 Å². The Hall–Kier alpha value is -1.58. The van der Waals surface area contributed by atoms with E-state index >= 15 is 0 Å². The second kappa shape index (κ2) is 12.5. The van der Waals surface area contributed by atoms with Crippen molar-refractivity contribution >= 4 is 15.8 Å². The van der Waals surface area contributed by atoms with E-state index in [0.29, 0.717) is 42.7 Å². The number of carboxylic acid groups (broad SMARTS) is 1. The molecular formula is C42H64F2N2O4S. The van der Waals surface area contributed by atoms with Crippen LogP contribution >= 0.6 is 0 Å². The summed E-state index contributed by atoms with van der Waals surface area (Å²) in [6.45, 7) is 22.4. The number of carboxylic acids is 1. The fourth-order valence-electron chi connectivity index (χ4n) is 14.4. The van der Waals surface area contributed by atoms with Crippen LogP contribution in [0.1, 0.15) is 112 Å². The van der Waals surface area contributed by atoms with Crippen molar-refractivity contribution in [3.05, 3.63) is 35.5 Å². The first-order valence-corrected chi connectivity index (χ1v) is 21.9. The Kier molecular flexibility index (Phi) is 9.23. The minimum atomic E-state index is -3.71. The number of rotatable bonds is 8. The lowest BCUT2D eigenvalue weighted by atomic mass is 9.33. The summed E-state index contributed by atoms with van der Waals surface area (Å²) in [5.74, 6) is -3.64. The number of nitrogens with one attached hydrogen (secondary N) is 1. The highest BCUT2D eigenvalue weighted by Crippen LogP contribution is 2.76. The lowest BCUT2D eigenvalue weighted by Gasteiger charge is -2.72. The van der Waals surface area contributed by atoms with E-state index in [9.17, 15) is 27.1 Å². The van der Waals surface area contributed by atoms with Crippen molar-refractivity contribution in [1.82, 2.24) is 10.2 Å². The molecule has 2 unspecified atom stereocenters. The van der Waals surface area contributed by atoms with Crippen LogP contribution in [0.5, 0.6) is 0 Å². The number of hydrogen-bond donors (Lipinski definition) is 2. The number of sulfone groups is 1. The zero-order valence-electron chi connectivity index (χ0n) is 32.1. The van der Waals surface area contributed by atoms with Crippen molar-refractivity contribution in [2.45, 2.75) is 124 Å². The summed E-state index contributed by atoms with van der Waals surface area (Å²) in [5.41, 5.74) is 3.90. The molecule has 2 N–H and O–H groups in total. The summed E-state index contributed by atoms with van der Waals surface area (Å²) in [6.07, 6.45) is 15.0. The van der Waals surface area contributed by atoms with Crippen LogP contribution < -0.4 is 5.32 Å². The first kappa shape index (κ1) is 37.7. The molecule has 5 fully saturated rings. The monoisotopic (exact) mass is 730 g/mol. The second-order valence-corrected chi connectivity index (χ2v) is 21.9. The van der Waals surface area contributed by atoms with Crippen LogP contribution in [0.3, 0.4) is 0 Å². The molecule has 0 aromatic heterocycles. The second-order valence-electron chi connectivity index (χ2n) is 19.6. The van der Waals surface area contributed by atoms with E-state index in [0.717, 1.165) is 31.5 Å². The molecular weight excluding hydrogens is 667 g/mol. The van der Waals surface area contributed by atoms with E-state index in [1.54, 1.807) is 0 Å². The summed E-state index contributed by atoms with van der Waals surface area (Å²) in [7, 11) is -2.88. The molecule has 1 saturated heterocycles. The summed E-state index contributed by atoms with van der Waals surface area (Å²) in [4.78, 5) is 13.7. The number of halogens is 2. The number of alkyl halides is 2. The van der Waals surface area contributed by atoms with E-state index in [4.69, 9.17) is 0 Å². The molecule has 1 aliphatic heterocycles.